The molecule has 0 atom stereocenters. The van der Waals surface area contributed by atoms with E-state index >= 15 is 0 Å². The molecule has 1 aromatic rings. The smallest absolute Gasteiger partial charge is 0.259 e. The predicted octanol–water partition coefficient (Wildman–Crippen LogP) is -1.53. The molecule has 3 N–H and O–H groups in total. The molecular weight excluding hydrogens is 268 g/mol. The lowest BCUT2D eigenvalue weighted by Gasteiger charge is -2.02. The van der Waals surface area contributed by atoms with Crippen LogP contribution in [0.25, 0.3) is 0 Å². The van der Waals surface area contributed by atoms with Crippen molar-refractivity contribution in [1.82, 2.24) is 14.3 Å². The van der Waals surface area contributed by atoms with Crippen LogP contribution in [0.2, 0.25) is 0 Å². The van der Waals surface area contributed by atoms with Crippen molar-refractivity contribution in [3.05, 3.63) is 12.5 Å². The van der Waals surface area contributed by atoms with Gasteiger partial charge in [-0.25, -0.2) is 31.7 Å². The molecule has 0 aliphatic carbocycles. The predicted molar refractivity (Wildman–Crippen MR) is 61.1 cm³/mol. The molecule has 0 unspecified atom stereocenters. The first-order valence-electron chi connectivity index (χ1n) is 4.76. The summed E-state index contributed by atoms with van der Waals surface area (Å²) >= 11 is 0. The molecule has 0 bridgehead atoms. The van der Waals surface area contributed by atoms with E-state index in [2.05, 4.69) is 9.71 Å². The van der Waals surface area contributed by atoms with Crippen molar-refractivity contribution in [2.45, 2.75) is 18.5 Å². The highest BCUT2D eigenvalue weighted by Crippen LogP contribution is 2.04. The summed E-state index contributed by atoms with van der Waals surface area (Å²) < 4.78 is 48.2. The van der Waals surface area contributed by atoms with Crippen LogP contribution in [0, 0.1) is 0 Å². The number of hydrogen-bond donors (Lipinski definition) is 2. The summed E-state index contributed by atoms with van der Waals surface area (Å²) in [4.78, 5) is 3.71. The number of hydrogen-bond acceptors (Lipinski definition) is 5. The quantitative estimate of drug-likeness (QED) is 0.655. The Balaban J connectivity index is 2.69. The Morgan fingerprint density at radius 3 is 2.53 bits per heavy atom. The maximum absolute atomic E-state index is 11.6. The van der Waals surface area contributed by atoms with Gasteiger partial charge in [0.15, 0.2) is 5.03 Å². The number of primary sulfonamides is 1. The van der Waals surface area contributed by atoms with Crippen molar-refractivity contribution in [3.63, 3.8) is 0 Å². The van der Waals surface area contributed by atoms with Gasteiger partial charge in [-0.1, -0.05) is 0 Å². The van der Waals surface area contributed by atoms with Crippen molar-refractivity contribution in [3.8, 4) is 0 Å². The van der Waals surface area contributed by atoms with Crippen LogP contribution in [-0.2, 0) is 26.6 Å². The van der Waals surface area contributed by atoms with Crippen molar-refractivity contribution in [2.75, 3.05) is 12.3 Å². The van der Waals surface area contributed by atoms with Crippen LogP contribution in [0.4, 0.5) is 0 Å². The van der Waals surface area contributed by atoms with E-state index in [4.69, 9.17) is 5.14 Å². The molecule has 0 spiro atoms. The first-order valence-corrected chi connectivity index (χ1v) is 7.96. The Kier molecular flexibility index (Phi) is 4.25. The number of aromatic nitrogens is 2. The molecule has 1 aromatic heterocycles. The van der Waals surface area contributed by atoms with Crippen LogP contribution in [0.15, 0.2) is 17.6 Å². The summed E-state index contributed by atoms with van der Waals surface area (Å²) in [6, 6.07) is 0. The molecular formula is C7H14N4O4S2. The third kappa shape index (κ3) is 4.42. The minimum atomic E-state index is -3.77. The summed E-state index contributed by atoms with van der Waals surface area (Å²) in [5.41, 5.74) is 0. The molecule has 98 valence electrons. The molecule has 0 fully saturated rings. The summed E-state index contributed by atoms with van der Waals surface area (Å²) in [5, 5.41) is 4.60. The third-order valence-corrected chi connectivity index (χ3v) is 4.05. The molecule has 0 radical (unpaired) electrons. The highest BCUT2D eigenvalue weighted by molar-refractivity contribution is 7.90. The molecule has 0 saturated carbocycles. The normalized spacial score (nSPS) is 12.8. The number of nitrogens with one attached hydrogen (secondary N) is 1. The van der Waals surface area contributed by atoms with Crippen molar-refractivity contribution in [1.29, 1.82) is 0 Å². The summed E-state index contributed by atoms with van der Waals surface area (Å²) in [5.74, 6) is -0.458. The highest BCUT2D eigenvalue weighted by Gasteiger charge is 2.17. The van der Waals surface area contributed by atoms with Crippen molar-refractivity contribution < 1.29 is 16.8 Å². The van der Waals surface area contributed by atoms with E-state index in [0.29, 0.717) is 6.54 Å². The van der Waals surface area contributed by atoms with E-state index in [1.807, 2.05) is 6.92 Å². The second kappa shape index (κ2) is 5.12. The first kappa shape index (κ1) is 14.1. The number of nitrogens with two attached hydrogens (primary N) is 1. The van der Waals surface area contributed by atoms with Crippen LogP contribution in [-0.4, -0.2) is 38.7 Å². The maximum Gasteiger partial charge on any atom is 0.259 e. The second-order valence-corrected chi connectivity index (χ2v) is 6.75. The van der Waals surface area contributed by atoms with Gasteiger partial charge in [-0.2, -0.15) is 0 Å². The van der Waals surface area contributed by atoms with Crippen LogP contribution in [0.3, 0.4) is 0 Å². The van der Waals surface area contributed by atoms with Crippen molar-refractivity contribution in [2.24, 2.45) is 5.14 Å². The molecule has 1 rings (SSSR count). The fraction of sp³-hybridized carbons (Fsp3) is 0.571. The monoisotopic (exact) mass is 282 g/mol. The van der Waals surface area contributed by atoms with Gasteiger partial charge in [0, 0.05) is 19.3 Å². The van der Waals surface area contributed by atoms with E-state index in [1.165, 1.54) is 12.5 Å². The van der Waals surface area contributed by atoms with E-state index in [9.17, 15) is 16.8 Å². The second-order valence-electron chi connectivity index (χ2n) is 3.31. The summed E-state index contributed by atoms with van der Waals surface area (Å²) in [7, 11) is -7.45. The van der Waals surface area contributed by atoms with Crippen LogP contribution < -0.4 is 9.86 Å². The highest BCUT2D eigenvalue weighted by atomic mass is 32.2. The van der Waals surface area contributed by atoms with Gasteiger partial charge in [-0.15, -0.1) is 0 Å². The van der Waals surface area contributed by atoms with Gasteiger partial charge in [0.25, 0.3) is 10.0 Å². The van der Waals surface area contributed by atoms with Gasteiger partial charge in [-0.3, -0.25) is 0 Å². The average molecular weight is 282 g/mol. The zero-order valence-electron chi connectivity index (χ0n) is 9.20. The maximum atomic E-state index is 11.6. The fourth-order valence-corrected chi connectivity index (χ4v) is 2.54. The molecule has 8 nitrogen and oxygen atoms in total. The minimum absolute atomic E-state index is 0.145. The van der Waals surface area contributed by atoms with Gasteiger partial charge in [0.2, 0.25) is 10.0 Å². The van der Waals surface area contributed by atoms with Crippen molar-refractivity contribution >= 4 is 20.0 Å². The standard InChI is InChI=1S/C7H14N4O4S2/c1-2-11-5-7(9-6-11)17(14,15)10-3-4-16(8,12)13/h5-6,10H,2-4H2,1H3,(H2,8,12,13). The Morgan fingerprint density at radius 2 is 2.06 bits per heavy atom. The SMILES string of the molecule is CCn1cnc(S(=O)(=O)NCCS(N)(=O)=O)c1. The Hall–Kier alpha value is -0.970. The average Bonchev–Trinajstić information content (AvgIpc) is 2.63. The molecule has 0 aliphatic rings. The third-order valence-electron chi connectivity index (χ3n) is 1.93. The fourth-order valence-electron chi connectivity index (χ4n) is 1.04. The minimum Gasteiger partial charge on any atom is -0.336 e. The lowest BCUT2D eigenvalue weighted by atomic mass is 10.7. The Morgan fingerprint density at radius 1 is 1.41 bits per heavy atom. The van der Waals surface area contributed by atoms with Gasteiger partial charge in [0.05, 0.1) is 12.1 Å². The van der Waals surface area contributed by atoms with Crippen LogP contribution >= 0.6 is 0 Å². The molecule has 0 aromatic carbocycles. The number of sulfonamides is 2. The topological polar surface area (TPSA) is 124 Å². The molecule has 10 heteroatoms. The zero-order valence-corrected chi connectivity index (χ0v) is 10.8. The molecule has 1 heterocycles. The van der Waals surface area contributed by atoms with E-state index < -0.39 is 25.8 Å². The Bertz CT molecular complexity index is 575. The largest absolute Gasteiger partial charge is 0.336 e. The summed E-state index contributed by atoms with van der Waals surface area (Å²) in [6.45, 7) is 2.16. The van der Waals surface area contributed by atoms with Gasteiger partial charge < -0.3 is 4.57 Å². The van der Waals surface area contributed by atoms with Crippen LogP contribution in [0.5, 0.6) is 0 Å². The molecule has 17 heavy (non-hydrogen) atoms. The Labute approximate surface area is 99.9 Å². The number of rotatable bonds is 6. The van der Waals surface area contributed by atoms with E-state index in [1.54, 1.807) is 4.57 Å². The van der Waals surface area contributed by atoms with E-state index in [0.717, 1.165) is 0 Å². The lowest BCUT2D eigenvalue weighted by molar-refractivity contribution is 0.578. The van der Waals surface area contributed by atoms with Crippen LogP contribution in [0.1, 0.15) is 6.92 Å². The molecule has 0 aliphatic heterocycles. The molecule has 0 amide bonds. The van der Waals surface area contributed by atoms with Gasteiger partial charge >= 0.3 is 0 Å². The molecule has 0 saturated heterocycles. The van der Waals surface area contributed by atoms with E-state index in [-0.39, 0.29) is 11.6 Å². The number of aryl methyl sites for hydroxylation is 1. The summed E-state index contributed by atoms with van der Waals surface area (Å²) in [6.07, 6.45) is 2.74. The van der Waals surface area contributed by atoms with Gasteiger partial charge in [-0.05, 0) is 6.92 Å². The lowest BCUT2D eigenvalue weighted by Crippen LogP contribution is -2.31. The first-order chi connectivity index (χ1) is 7.74. The zero-order chi connectivity index (χ0) is 13.1. The number of imidazole rings is 1. The number of nitrogens with zero attached hydrogens (tertiary/aromatic N) is 2. The van der Waals surface area contributed by atoms with Gasteiger partial charge in [0.1, 0.15) is 0 Å².